The predicted octanol–water partition coefficient (Wildman–Crippen LogP) is 3.24. The number of anilines is 1. The van der Waals surface area contributed by atoms with E-state index >= 15 is 0 Å². The molecule has 0 aromatic heterocycles. The molecular formula is C20H22N2O4. The van der Waals surface area contributed by atoms with Gasteiger partial charge in [-0.3, -0.25) is 9.59 Å². The molecule has 136 valence electrons. The number of carbonyl (C=O) groups excluding carboxylic acids is 2. The van der Waals surface area contributed by atoms with E-state index in [4.69, 9.17) is 9.47 Å². The maximum atomic E-state index is 12.6. The van der Waals surface area contributed by atoms with Gasteiger partial charge in [0, 0.05) is 11.6 Å². The molecule has 0 radical (unpaired) electrons. The largest absolute Gasteiger partial charge is 0.486 e. The SMILES string of the molecule is CCC(C)NC(=O)c1ccccc1NC(=O)c1ccc2c(c1)OCCO2. The summed E-state index contributed by atoms with van der Waals surface area (Å²) in [5.41, 5.74) is 1.33. The highest BCUT2D eigenvalue weighted by Gasteiger charge is 2.18. The zero-order chi connectivity index (χ0) is 18.5. The summed E-state index contributed by atoms with van der Waals surface area (Å²) in [6.45, 7) is 4.89. The smallest absolute Gasteiger partial charge is 0.255 e. The molecule has 0 aliphatic carbocycles. The van der Waals surface area contributed by atoms with E-state index in [1.54, 1.807) is 42.5 Å². The van der Waals surface area contributed by atoms with Crippen LogP contribution in [0.5, 0.6) is 11.5 Å². The lowest BCUT2D eigenvalue weighted by Gasteiger charge is -2.19. The van der Waals surface area contributed by atoms with E-state index in [0.717, 1.165) is 6.42 Å². The minimum absolute atomic E-state index is 0.0593. The Morgan fingerprint density at radius 1 is 1.04 bits per heavy atom. The number of rotatable bonds is 5. The van der Waals surface area contributed by atoms with Gasteiger partial charge in [0.05, 0.1) is 11.3 Å². The minimum atomic E-state index is -0.314. The Balaban J connectivity index is 1.78. The summed E-state index contributed by atoms with van der Waals surface area (Å²) < 4.78 is 11.0. The second-order valence-electron chi connectivity index (χ2n) is 6.14. The highest BCUT2D eigenvalue weighted by molar-refractivity contribution is 6.09. The molecule has 0 saturated carbocycles. The normalized spacial score (nSPS) is 13.6. The van der Waals surface area contributed by atoms with Crippen molar-refractivity contribution in [3.8, 4) is 11.5 Å². The highest BCUT2D eigenvalue weighted by Crippen LogP contribution is 2.31. The Morgan fingerprint density at radius 2 is 1.77 bits per heavy atom. The van der Waals surface area contributed by atoms with E-state index in [-0.39, 0.29) is 17.9 Å². The number of fused-ring (bicyclic) bond motifs is 1. The summed E-state index contributed by atoms with van der Waals surface area (Å²) in [5, 5.41) is 5.72. The van der Waals surface area contributed by atoms with Gasteiger partial charge in [-0.15, -0.1) is 0 Å². The Labute approximate surface area is 152 Å². The summed E-state index contributed by atoms with van der Waals surface area (Å²) in [4.78, 5) is 25.1. The van der Waals surface area contributed by atoms with E-state index in [9.17, 15) is 9.59 Å². The van der Waals surface area contributed by atoms with Crippen LogP contribution in [0.15, 0.2) is 42.5 Å². The van der Waals surface area contributed by atoms with Crippen LogP contribution in [-0.2, 0) is 0 Å². The van der Waals surface area contributed by atoms with Crippen LogP contribution in [-0.4, -0.2) is 31.1 Å². The molecule has 1 atom stereocenters. The Morgan fingerprint density at radius 3 is 2.54 bits per heavy atom. The first-order valence-electron chi connectivity index (χ1n) is 8.69. The maximum Gasteiger partial charge on any atom is 0.255 e. The predicted molar refractivity (Wildman–Crippen MR) is 99.0 cm³/mol. The average molecular weight is 354 g/mol. The molecule has 1 heterocycles. The fourth-order valence-electron chi connectivity index (χ4n) is 2.57. The highest BCUT2D eigenvalue weighted by atomic mass is 16.6. The first-order valence-corrected chi connectivity index (χ1v) is 8.69. The first-order chi connectivity index (χ1) is 12.6. The number of nitrogens with one attached hydrogen (secondary N) is 2. The van der Waals surface area contributed by atoms with E-state index in [1.807, 2.05) is 13.8 Å². The molecule has 2 amide bonds. The molecule has 2 aromatic carbocycles. The van der Waals surface area contributed by atoms with Crippen molar-refractivity contribution in [3.05, 3.63) is 53.6 Å². The van der Waals surface area contributed by atoms with Crippen LogP contribution in [0.3, 0.4) is 0 Å². The maximum absolute atomic E-state index is 12.6. The zero-order valence-corrected chi connectivity index (χ0v) is 14.9. The van der Waals surface area contributed by atoms with Crippen LogP contribution in [0.2, 0.25) is 0 Å². The molecule has 2 aromatic rings. The first kappa shape index (κ1) is 17.8. The van der Waals surface area contributed by atoms with E-state index in [0.29, 0.717) is 41.5 Å². The van der Waals surface area contributed by atoms with Crippen LogP contribution >= 0.6 is 0 Å². The number of ether oxygens (including phenoxy) is 2. The third kappa shape index (κ3) is 3.96. The quantitative estimate of drug-likeness (QED) is 0.864. The lowest BCUT2D eigenvalue weighted by atomic mass is 10.1. The monoisotopic (exact) mass is 354 g/mol. The molecule has 0 fully saturated rings. The van der Waals surface area contributed by atoms with Gasteiger partial charge in [-0.05, 0) is 43.7 Å². The molecule has 1 unspecified atom stereocenters. The lowest BCUT2D eigenvalue weighted by molar-refractivity contribution is 0.0940. The molecule has 0 saturated heterocycles. The molecule has 2 N–H and O–H groups in total. The Kier molecular flexibility index (Phi) is 5.41. The summed E-state index contributed by atoms with van der Waals surface area (Å²) in [7, 11) is 0. The van der Waals surface area contributed by atoms with Gasteiger partial charge in [-0.1, -0.05) is 19.1 Å². The Hall–Kier alpha value is -3.02. The topological polar surface area (TPSA) is 76.7 Å². The lowest BCUT2D eigenvalue weighted by Crippen LogP contribution is -2.32. The molecule has 6 nitrogen and oxygen atoms in total. The minimum Gasteiger partial charge on any atom is -0.486 e. The van der Waals surface area contributed by atoms with E-state index in [2.05, 4.69) is 10.6 Å². The van der Waals surface area contributed by atoms with Crippen molar-refractivity contribution in [1.82, 2.24) is 5.32 Å². The van der Waals surface area contributed by atoms with Crippen LogP contribution in [0.4, 0.5) is 5.69 Å². The summed E-state index contributed by atoms with van der Waals surface area (Å²) in [6, 6.07) is 12.0. The van der Waals surface area contributed by atoms with Crippen molar-refractivity contribution in [1.29, 1.82) is 0 Å². The van der Waals surface area contributed by atoms with Crippen LogP contribution < -0.4 is 20.1 Å². The van der Waals surface area contributed by atoms with Gasteiger partial charge in [-0.2, -0.15) is 0 Å². The number of hydrogen-bond acceptors (Lipinski definition) is 4. The van der Waals surface area contributed by atoms with Gasteiger partial charge in [-0.25, -0.2) is 0 Å². The molecule has 3 rings (SSSR count). The second kappa shape index (κ2) is 7.91. The molecule has 6 heteroatoms. The van der Waals surface area contributed by atoms with Crippen LogP contribution in [0.25, 0.3) is 0 Å². The number of hydrogen-bond donors (Lipinski definition) is 2. The van der Waals surface area contributed by atoms with Crippen molar-refractivity contribution in [2.24, 2.45) is 0 Å². The zero-order valence-electron chi connectivity index (χ0n) is 14.9. The fourth-order valence-corrected chi connectivity index (χ4v) is 2.57. The molecule has 0 spiro atoms. The van der Waals surface area contributed by atoms with Gasteiger partial charge >= 0.3 is 0 Å². The van der Waals surface area contributed by atoms with Crippen molar-refractivity contribution < 1.29 is 19.1 Å². The summed E-state index contributed by atoms with van der Waals surface area (Å²) >= 11 is 0. The third-order valence-electron chi connectivity index (χ3n) is 4.21. The van der Waals surface area contributed by atoms with Gasteiger partial charge < -0.3 is 20.1 Å². The van der Waals surface area contributed by atoms with E-state index < -0.39 is 0 Å². The van der Waals surface area contributed by atoms with Gasteiger partial charge in [0.1, 0.15) is 13.2 Å². The second-order valence-corrected chi connectivity index (χ2v) is 6.14. The molecule has 26 heavy (non-hydrogen) atoms. The van der Waals surface area contributed by atoms with Gasteiger partial charge in [0.25, 0.3) is 11.8 Å². The van der Waals surface area contributed by atoms with Crippen molar-refractivity contribution in [2.75, 3.05) is 18.5 Å². The average Bonchev–Trinajstić information content (AvgIpc) is 2.67. The molecular weight excluding hydrogens is 332 g/mol. The summed E-state index contributed by atoms with van der Waals surface area (Å²) in [6.07, 6.45) is 0.831. The fraction of sp³-hybridized carbons (Fsp3) is 0.300. The van der Waals surface area contributed by atoms with Gasteiger partial charge in [0.2, 0.25) is 0 Å². The van der Waals surface area contributed by atoms with Crippen molar-refractivity contribution in [3.63, 3.8) is 0 Å². The number of benzene rings is 2. The molecule has 1 aliphatic heterocycles. The number of carbonyl (C=O) groups is 2. The van der Waals surface area contributed by atoms with Crippen LogP contribution in [0, 0.1) is 0 Å². The van der Waals surface area contributed by atoms with Crippen molar-refractivity contribution in [2.45, 2.75) is 26.3 Å². The Bertz CT molecular complexity index is 819. The number of para-hydroxylation sites is 1. The molecule has 1 aliphatic rings. The number of amides is 2. The standard InChI is InChI=1S/C20H22N2O4/c1-3-13(2)21-20(24)15-6-4-5-7-16(15)22-19(23)14-8-9-17-18(12-14)26-11-10-25-17/h4-9,12-13H,3,10-11H2,1-2H3,(H,21,24)(H,22,23). The van der Waals surface area contributed by atoms with Crippen LogP contribution in [0.1, 0.15) is 41.0 Å². The van der Waals surface area contributed by atoms with Crippen molar-refractivity contribution >= 4 is 17.5 Å². The van der Waals surface area contributed by atoms with Gasteiger partial charge in [0.15, 0.2) is 11.5 Å². The summed E-state index contributed by atoms with van der Waals surface area (Å²) in [5.74, 6) is 0.649. The third-order valence-corrected chi connectivity index (χ3v) is 4.21. The van der Waals surface area contributed by atoms with E-state index in [1.165, 1.54) is 0 Å². The molecule has 0 bridgehead atoms.